The maximum absolute atomic E-state index is 14.4. The highest BCUT2D eigenvalue weighted by Gasteiger charge is 2.38. The molecule has 1 atom stereocenters. The summed E-state index contributed by atoms with van der Waals surface area (Å²) in [6.07, 6.45) is -3.79. The smallest absolute Gasteiger partial charge is 0.435 e. The molecule has 186 valence electrons. The number of benzene rings is 2. The molecule has 0 bridgehead atoms. The summed E-state index contributed by atoms with van der Waals surface area (Å²) >= 11 is 6.07. The molecular weight excluding hydrogens is 516 g/mol. The zero-order valence-electron chi connectivity index (χ0n) is 18.3. The van der Waals surface area contributed by atoms with Crippen LogP contribution < -0.4 is 14.8 Å². The van der Waals surface area contributed by atoms with Gasteiger partial charge in [-0.2, -0.15) is 13.2 Å². The monoisotopic (exact) mass is 532 g/mol. The second-order valence-corrected chi connectivity index (χ2v) is 9.71. The number of hydrogen-bond donors (Lipinski definition) is 2. The van der Waals surface area contributed by atoms with Crippen LogP contribution in [0.1, 0.15) is 21.6 Å². The third kappa shape index (κ3) is 5.62. The van der Waals surface area contributed by atoms with Gasteiger partial charge in [0.25, 0.3) is 11.8 Å². The van der Waals surface area contributed by atoms with Gasteiger partial charge in [-0.05, 0) is 42.8 Å². The average Bonchev–Trinajstić information content (AvgIpc) is 2.75. The lowest BCUT2D eigenvalue weighted by molar-refractivity contribution is -0.142. The number of ether oxygens (including phenoxy) is 2. The van der Waals surface area contributed by atoms with Crippen LogP contribution in [0.2, 0.25) is 5.02 Å². The van der Waals surface area contributed by atoms with Crippen molar-refractivity contribution in [2.45, 2.75) is 18.0 Å². The molecule has 14 heteroatoms. The van der Waals surface area contributed by atoms with E-state index < -0.39 is 56.1 Å². The minimum absolute atomic E-state index is 0.000956. The predicted molar refractivity (Wildman–Crippen MR) is 119 cm³/mol. The summed E-state index contributed by atoms with van der Waals surface area (Å²) in [6.45, 7) is 0.974. The number of carbonyl (C=O) groups is 1. The van der Waals surface area contributed by atoms with Gasteiger partial charge in [0.15, 0.2) is 17.3 Å². The number of nitrogens with one attached hydrogen (secondary N) is 2. The SMILES string of the molecule is COc1ccc(F)c(Oc2nnc(C(F)(F)F)c(C)c2C(=O)Nc2cccc(S(C)(=N)=O)c2)c1Cl. The van der Waals surface area contributed by atoms with Crippen molar-refractivity contribution in [2.75, 3.05) is 18.7 Å². The topological polar surface area (TPSA) is 114 Å². The zero-order chi connectivity index (χ0) is 26.1. The number of alkyl halides is 3. The van der Waals surface area contributed by atoms with Crippen LogP contribution in [0.25, 0.3) is 0 Å². The summed E-state index contributed by atoms with van der Waals surface area (Å²) in [5.41, 5.74) is -2.76. The average molecular weight is 533 g/mol. The van der Waals surface area contributed by atoms with Crippen LogP contribution in [0.15, 0.2) is 41.3 Å². The molecule has 0 saturated heterocycles. The molecule has 0 aliphatic rings. The summed E-state index contributed by atoms with van der Waals surface area (Å²) in [6, 6.07) is 7.56. The largest absolute Gasteiger partial charge is 0.495 e. The first-order valence-corrected chi connectivity index (χ1v) is 11.9. The Kier molecular flexibility index (Phi) is 7.22. The Hall–Kier alpha value is -3.45. The van der Waals surface area contributed by atoms with Crippen LogP contribution in [0, 0.1) is 17.5 Å². The summed E-state index contributed by atoms with van der Waals surface area (Å²) in [5, 5.41) is 8.47. The predicted octanol–water partition coefficient (Wildman–Crippen LogP) is 5.68. The standard InChI is InChI=1S/C21H17ClF4N4O4S/c1-10-15(19(31)28-11-5-4-6-12(9-11)35(3,27)32)20(30-29-18(10)21(24,25)26)34-17-13(23)7-8-14(33-2)16(17)22/h4-9,27H,1-3H3,(H,28,31). The number of aromatic nitrogens is 2. The minimum Gasteiger partial charge on any atom is -0.495 e. The van der Waals surface area contributed by atoms with E-state index in [9.17, 15) is 26.6 Å². The molecular formula is C21H17ClF4N4O4S. The number of carbonyl (C=O) groups excluding carboxylic acids is 1. The molecule has 1 unspecified atom stereocenters. The Morgan fingerprint density at radius 2 is 1.89 bits per heavy atom. The van der Waals surface area contributed by atoms with Gasteiger partial charge in [0.1, 0.15) is 16.3 Å². The van der Waals surface area contributed by atoms with Crippen molar-refractivity contribution >= 4 is 32.9 Å². The minimum atomic E-state index is -4.96. The lowest BCUT2D eigenvalue weighted by Crippen LogP contribution is -2.21. The number of nitrogens with zero attached hydrogens (tertiary/aromatic N) is 2. The second kappa shape index (κ2) is 9.66. The molecule has 0 aliphatic heterocycles. The molecule has 35 heavy (non-hydrogen) atoms. The summed E-state index contributed by atoms with van der Waals surface area (Å²) in [4.78, 5) is 13.2. The van der Waals surface area contributed by atoms with Crippen LogP contribution in [0.4, 0.5) is 23.2 Å². The van der Waals surface area contributed by atoms with Crippen molar-refractivity contribution in [2.24, 2.45) is 0 Å². The van der Waals surface area contributed by atoms with Crippen molar-refractivity contribution in [1.82, 2.24) is 10.2 Å². The Bertz CT molecular complexity index is 1420. The van der Waals surface area contributed by atoms with E-state index in [1.807, 2.05) is 0 Å². The van der Waals surface area contributed by atoms with Crippen LogP contribution in [0.5, 0.6) is 17.4 Å². The van der Waals surface area contributed by atoms with E-state index in [4.69, 9.17) is 25.9 Å². The van der Waals surface area contributed by atoms with Gasteiger partial charge >= 0.3 is 6.18 Å². The van der Waals surface area contributed by atoms with Gasteiger partial charge in [0.05, 0.1) is 16.8 Å². The summed E-state index contributed by atoms with van der Waals surface area (Å²) < 4.78 is 84.8. The Balaban J connectivity index is 2.13. The van der Waals surface area contributed by atoms with E-state index in [-0.39, 0.29) is 21.4 Å². The normalized spacial score (nSPS) is 13.1. The van der Waals surface area contributed by atoms with Gasteiger partial charge < -0.3 is 14.8 Å². The number of methoxy groups -OCH3 is 1. The lowest BCUT2D eigenvalue weighted by atomic mass is 10.1. The first kappa shape index (κ1) is 26.2. The van der Waals surface area contributed by atoms with Gasteiger partial charge in [-0.3, -0.25) is 4.79 Å². The molecule has 8 nitrogen and oxygen atoms in total. The highest BCUT2D eigenvalue weighted by Crippen LogP contribution is 2.40. The number of rotatable bonds is 6. The molecule has 0 aliphatic carbocycles. The fourth-order valence-corrected chi connectivity index (χ4v) is 3.94. The molecule has 2 N–H and O–H groups in total. The van der Waals surface area contributed by atoms with E-state index >= 15 is 0 Å². The first-order chi connectivity index (χ1) is 16.2. The molecule has 1 aromatic heterocycles. The summed E-state index contributed by atoms with van der Waals surface area (Å²) in [5.74, 6) is -3.50. The van der Waals surface area contributed by atoms with Crippen LogP contribution in [-0.4, -0.2) is 33.7 Å². The zero-order valence-corrected chi connectivity index (χ0v) is 19.9. The molecule has 1 heterocycles. The number of anilines is 1. The van der Waals surface area contributed by atoms with Crippen LogP contribution in [-0.2, 0) is 15.9 Å². The highest BCUT2D eigenvalue weighted by molar-refractivity contribution is 7.91. The van der Waals surface area contributed by atoms with Crippen LogP contribution >= 0.6 is 11.6 Å². The van der Waals surface area contributed by atoms with E-state index in [1.54, 1.807) is 0 Å². The number of hydrogen-bond acceptors (Lipinski definition) is 7. The molecule has 3 rings (SSSR count). The third-order valence-electron chi connectivity index (χ3n) is 4.65. The summed E-state index contributed by atoms with van der Waals surface area (Å²) in [7, 11) is -1.89. The van der Waals surface area contributed by atoms with Gasteiger partial charge in [0.2, 0.25) is 0 Å². The molecule has 3 aromatic rings. The van der Waals surface area contributed by atoms with Crippen LogP contribution in [0.3, 0.4) is 0 Å². The number of halogens is 5. The van der Waals surface area contributed by atoms with E-state index in [0.29, 0.717) is 0 Å². The fourth-order valence-electron chi connectivity index (χ4n) is 2.98. The maximum Gasteiger partial charge on any atom is 0.435 e. The van der Waals surface area contributed by atoms with Crippen molar-refractivity contribution in [3.63, 3.8) is 0 Å². The van der Waals surface area contributed by atoms with E-state index in [0.717, 1.165) is 13.0 Å². The molecule has 1 amide bonds. The fraction of sp³-hybridized carbons (Fsp3) is 0.190. The Labute approximate surface area is 202 Å². The van der Waals surface area contributed by atoms with Gasteiger partial charge in [-0.25, -0.2) is 13.4 Å². The lowest BCUT2D eigenvalue weighted by Gasteiger charge is -2.17. The van der Waals surface area contributed by atoms with E-state index in [1.165, 1.54) is 43.7 Å². The quantitative estimate of drug-likeness (QED) is 0.394. The Morgan fingerprint density at radius 1 is 1.20 bits per heavy atom. The van der Waals surface area contributed by atoms with Crippen molar-refractivity contribution < 1.29 is 36.0 Å². The molecule has 0 saturated carbocycles. The van der Waals surface area contributed by atoms with Crippen molar-refractivity contribution in [3.05, 3.63) is 64.1 Å². The second-order valence-electron chi connectivity index (χ2n) is 7.17. The third-order valence-corrected chi connectivity index (χ3v) is 6.17. The van der Waals surface area contributed by atoms with Crippen molar-refractivity contribution in [1.29, 1.82) is 4.78 Å². The molecule has 0 spiro atoms. The van der Waals surface area contributed by atoms with Gasteiger partial charge in [0, 0.05) is 16.8 Å². The van der Waals surface area contributed by atoms with Gasteiger partial charge in [-0.15, -0.1) is 10.2 Å². The van der Waals surface area contributed by atoms with E-state index in [2.05, 4.69) is 15.5 Å². The molecule has 0 radical (unpaired) electrons. The highest BCUT2D eigenvalue weighted by atomic mass is 35.5. The Morgan fingerprint density at radius 3 is 2.49 bits per heavy atom. The number of amides is 1. The molecule has 0 fully saturated rings. The van der Waals surface area contributed by atoms with Gasteiger partial charge in [-0.1, -0.05) is 17.7 Å². The van der Waals surface area contributed by atoms with Crippen molar-refractivity contribution in [3.8, 4) is 17.4 Å². The maximum atomic E-state index is 14.4. The first-order valence-electron chi connectivity index (χ1n) is 9.53. The molecule has 2 aromatic carbocycles.